The number of ether oxygens (including phenoxy) is 1. The summed E-state index contributed by atoms with van der Waals surface area (Å²) in [5.41, 5.74) is 4.17. The standard InChI is InChI=1S/C26H28N8O2/c1-18-13-20(3-4-22(18)36-21-6-10-33-23(14-21)27-16-29-33)31-25-24-19(5-9-34(24)30-17-28-25)15-32-11-7-26(2,35)8-12-32/h3-6,9-10,13-14,16-17,35H,7-8,11-12,15H2,1-2H3,(H,28,30,31). The second kappa shape index (κ2) is 8.89. The van der Waals surface area contributed by atoms with Crippen LogP contribution < -0.4 is 10.1 Å². The van der Waals surface area contributed by atoms with Crippen molar-refractivity contribution in [2.75, 3.05) is 18.4 Å². The fourth-order valence-corrected chi connectivity index (χ4v) is 4.64. The quantitative estimate of drug-likeness (QED) is 0.373. The van der Waals surface area contributed by atoms with E-state index >= 15 is 0 Å². The van der Waals surface area contributed by atoms with Gasteiger partial charge in [0, 0.05) is 43.8 Å². The van der Waals surface area contributed by atoms with Crippen LogP contribution in [0.5, 0.6) is 11.5 Å². The van der Waals surface area contributed by atoms with Crippen LogP contribution in [0, 0.1) is 6.92 Å². The van der Waals surface area contributed by atoms with E-state index in [0.717, 1.165) is 72.0 Å². The first kappa shape index (κ1) is 22.4. The van der Waals surface area contributed by atoms with Crippen LogP contribution in [0.2, 0.25) is 0 Å². The van der Waals surface area contributed by atoms with E-state index in [9.17, 15) is 5.11 Å². The van der Waals surface area contributed by atoms with Gasteiger partial charge in [-0.2, -0.15) is 10.2 Å². The van der Waals surface area contributed by atoms with Crippen molar-refractivity contribution in [2.24, 2.45) is 0 Å². The highest BCUT2D eigenvalue weighted by Gasteiger charge is 2.27. The van der Waals surface area contributed by atoms with Gasteiger partial charge in [0.25, 0.3) is 0 Å². The van der Waals surface area contributed by atoms with E-state index in [-0.39, 0.29) is 0 Å². The molecule has 1 aliphatic rings. The molecule has 0 unspecified atom stereocenters. The number of fused-ring (bicyclic) bond motifs is 2. The minimum atomic E-state index is -0.563. The lowest BCUT2D eigenvalue weighted by Crippen LogP contribution is -2.41. The number of benzene rings is 1. The number of aryl methyl sites for hydroxylation is 1. The van der Waals surface area contributed by atoms with Crippen LogP contribution in [0.4, 0.5) is 11.5 Å². The molecule has 1 aliphatic heterocycles. The van der Waals surface area contributed by atoms with Crippen LogP contribution in [0.15, 0.2) is 61.4 Å². The zero-order valence-corrected chi connectivity index (χ0v) is 20.3. The topological polar surface area (TPSA) is 105 Å². The van der Waals surface area contributed by atoms with Gasteiger partial charge in [-0.3, -0.25) is 4.90 Å². The molecular weight excluding hydrogens is 456 g/mol. The normalized spacial score (nSPS) is 16.0. The maximum Gasteiger partial charge on any atom is 0.158 e. The summed E-state index contributed by atoms with van der Waals surface area (Å²) in [7, 11) is 0. The second-order valence-electron chi connectivity index (χ2n) is 9.65. The molecule has 10 nitrogen and oxygen atoms in total. The Balaban J connectivity index is 1.21. The summed E-state index contributed by atoms with van der Waals surface area (Å²) in [5, 5.41) is 22.3. The predicted molar refractivity (Wildman–Crippen MR) is 136 cm³/mol. The molecule has 0 radical (unpaired) electrons. The molecule has 1 saturated heterocycles. The van der Waals surface area contributed by atoms with Gasteiger partial charge in [0.05, 0.1) is 5.60 Å². The van der Waals surface area contributed by atoms with Crippen molar-refractivity contribution >= 4 is 22.7 Å². The third kappa shape index (κ3) is 4.48. The number of likely N-dealkylation sites (tertiary alicyclic amines) is 1. The Labute approximate surface area is 208 Å². The molecule has 6 rings (SSSR count). The highest BCUT2D eigenvalue weighted by Crippen LogP contribution is 2.31. The average molecular weight is 485 g/mol. The molecule has 0 atom stereocenters. The minimum Gasteiger partial charge on any atom is -0.457 e. The molecule has 4 aromatic heterocycles. The van der Waals surface area contributed by atoms with Gasteiger partial charge >= 0.3 is 0 Å². The van der Waals surface area contributed by atoms with E-state index in [1.165, 1.54) is 6.33 Å². The Hall–Kier alpha value is -4.02. The Morgan fingerprint density at radius 3 is 2.61 bits per heavy atom. The zero-order chi connectivity index (χ0) is 24.7. The van der Waals surface area contributed by atoms with Gasteiger partial charge in [0.1, 0.15) is 29.7 Å². The summed E-state index contributed by atoms with van der Waals surface area (Å²) in [4.78, 5) is 11.1. The summed E-state index contributed by atoms with van der Waals surface area (Å²) in [6.45, 7) is 6.45. The van der Waals surface area contributed by atoms with Gasteiger partial charge in [-0.05, 0) is 68.1 Å². The van der Waals surface area contributed by atoms with Crippen molar-refractivity contribution in [3.8, 4) is 11.5 Å². The Bertz CT molecular complexity index is 1530. The van der Waals surface area contributed by atoms with Crippen molar-refractivity contribution in [1.82, 2.24) is 34.1 Å². The first-order valence-electron chi connectivity index (χ1n) is 12.0. The van der Waals surface area contributed by atoms with Crippen LogP contribution in [-0.4, -0.2) is 57.9 Å². The molecule has 1 fully saturated rings. The highest BCUT2D eigenvalue weighted by atomic mass is 16.5. The Morgan fingerprint density at radius 2 is 1.78 bits per heavy atom. The summed E-state index contributed by atoms with van der Waals surface area (Å²) >= 11 is 0. The maximum atomic E-state index is 10.3. The van der Waals surface area contributed by atoms with E-state index in [1.54, 1.807) is 10.8 Å². The predicted octanol–water partition coefficient (Wildman–Crippen LogP) is 3.96. The molecular formula is C26H28N8O2. The van der Waals surface area contributed by atoms with E-state index < -0.39 is 5.60 Å². The van der Waals surface area contributed by atoms with E-state index in [4.69, 9.17) is 4.74 Å². The molecule has 36 heavy (non-hydrogen) atoms. The van der Waals surface area contributed by atoms with Crippen molar-refractivity contribution in [2.45, 2.75) is 38.8 Å². The number of hydrogen-bond donors (Lipinski definition) is 2. The largest absolute Gasteiger partial charge is 0.457 e. The molecule has 0 spiro atoms. The smallest absolute Gasteiger partial charge is 0.158 e. The lowest BCUT2D eigenvalue weighted by atomic mass is 9.93. The number of aromatic nitrogens is 6. The number of rotatable bonds is 6. The summed E-state index contributed by atoms with van der Waals surface area (Å²) in [6, 6.07) is 11.8. The summed E-state index contributed by atoms with van der Waals surface area (Å²) < 4.78 is 9.66. The van der Waals surface area contributed by atoms with Gasteiger partial charge in [0.2, 0.25) is 0 Å². The van der Waals surface area contributed by atoms with Crippen LogP contribution in [0.25, 0.3) is 11.2 Å². The molecule has 184 valence electrons. The summed E-state index contributed by atoms with van der Waals surface area (Å²) in [6.07, 6.45) is 8.42. The average Bonchev–Trinajstić information content (AvgIpc) is 3.49. The molecule has 0 bridgehead atoms. The van der Waals surface area contributed by atoms with Crippen molar-refractivity contribution < 1.29 is 9.84 Å². The van der Waals surface area contributed by atoms with Gasteiger partial charge in [0.15, 0.2) is 11.5 Å². The minimum absolute atomic E-state index is 0.563. The molecule has 10 heteroatoms. The summed E-state index contributed by atoms with van der Waals surface area (Å²) in [5.74, 6) is 2.22. The van der Waals surface area contributed by atoms with Gasteiger partial charge < -0.3 is 15.2 Å². The highest BCUT2D eigenvalue weighted by molar-refractivity contribution is 5.76. The second-order valence-corrected chi connectivity index (χ2v) is 9.65. The number of hydrogen-bond acceptors (Lipinski definition) is 8. The fraction of sp³-hybridized carbons (Fsp3) is 0.308. The fourth-order valence-electron chi connectivity index (χ4n) is 4.64. The Kier molecular flexibility index (Phi) is 5.54. The van der Waals surface area contributed by atoms with Gasteiger partial charge in [-0.25, -0.2) is 19.0 Å². The van der Waals surface area contributed by atoms with Crippen LogP contribution in [0.3, 0.4) is 0 Å². The van der Waals surface area contributed by atoms with Gasteiger partial charge in [-0.1, -0.05) is 0 Å². The number of nitrogens with zero attached hydrogens (tertiary/aromatic N) is 7. The number of nitrogens with one attached hydrogen (secondary N) is 1. The first-order valence-corrected chi connectivity index (χ1v) is 12.0. The molecule has 0 aliphatic carbocycles. The molecule has 1 aromatic carbocycles. The number of pyridine rings is 1. The van der Waals surface area contributed by atoms with Crippen molar-refractivity contribution in [3.05, 3.63) is 72.6 Å². The number of piperidine rings is 1. The van der Waals surface area contributed by atoms with Gasteiger partial charge in [-0.15, -0.1) is 0 Å². The lowest BCUT2D eigenvalue weighted by Gasteiger charge is -2.35. The first-order chi connectivity index (χ1) is 17.4. The van der Waals surface area contributed by atoms with E-state index in [1.807, 2.05) is 61.1 Å². The SMILES string of the molecule is Cc1cc(Nc2ncnn3ccc(CN4CCC(C)(O)CC4)c23)ccc1Oc1ccn2ncnc2c1. The van der Waals surface area contributed by atoms with E-state index in [0.29, 0.717) is 5.75 Å². The molecule has 0 amide bonds. The lowest BCUT2D eigenvalue weighted by molar-refractivity contribution is -0.00720. The van der Waals surface area contributed by atoms with Crippen molar-refractivity contribution in [3.63, 3.8) is 0 Å². The molecule has 5 aromatic rings. The number of aliphatic hydroxyl groups is 1. The van der Waals surface area contributed by atoms with E-state index in [2.05, 4.69) is 36.4 Å². The molecule has 2 N–H and O–H groups in total. The third-order valence-corrected chi connectivity index (χ3v) is 6.78. The monoisotopic (exact) mass is 484 g/mol. The molecule has 5 heterocycles. The van der Waals surface area contributed by atoms with Crippen molar-refractivity contribution in [1.29, 1.82) is 0 Å². The zero-order valence-electron chi connectivity index (χ0n) is 20.3. The maximum absolute atomic E-state index is 10.3. The van der Waals surface area contributed by atoms with Crippen LogP contribution in [0.1, 0.15) is 30.9 Å². The third-order valence-electron chi connectivity index (χ3n) is 6.78. The molecule has 0 saturated carbocycles. The van der Waals surface area contributed by atoms with Crippen LogP contribution in [-0.2, 0) is 6.54 Å². The number of anilines is 2. The Morgan fingerprint density at radius 1 is 1.00 bits per heavy atom. The van der Waals surface area contributed by atoms with Crippen LogP contribution >= 0.6 is 0 Å².